The zero-order valence-electron chi connectivity index (χ0n) is 23.1. The van der Waals surface area contributed by atoms with E-state index in [4.69, 9.17) is 5.73 Å². The van der Waals surface area contributed by atoms with Crippen LogP contribution in [0.2, 0.25) is 0 Å². The van der Waals surface area contributed by atoms with Gasteiger partial charge in [0.25, 0.3) is 0 Å². The van der Waals surface area contributed by atoms with Crippen LogP contribution in [0.25, 0.3) is 33.1 Å². The topological polar surface area (TPSA) is 132 Å². The molecule has 1 saturated carbocycles. The Labute approximate surface area is 256 Å². The van der Waals surface area contributed by atoms with Crippen LogP contribution in [0.1, 0.15) is 24.1 Å². The summed E-state index contributed by atoms with van der Waals surface area (Å²) in [6, 6.07) is 10.5. The highest BCUT2D eigenvalue weighted by atomic mass is 79.9. The fourth-order valence-electron chi connectivity index (χ4n) is 6.33. The van der Waals surface area contributed by atoms with E-state index in [9.17, 15) is 22.8 Å². The van der Waals surface area contributed by atoms with Crippen LogP contribution in [0.4, 0.5) is 24.8 Å². The van der Waals surface area contributed by atoms with Crippen LogP contribution < -0.4 is 11.1 Å². The van der Waals surface area contributed by atoms with Crippen molar-refractivity contribution >= 4 is 61.3 Å². The van der Waals surface area contributed by atoms with E-state index >= 15 is 0 Å². The van der Waals surface area contributed by atoms with Crippen molar-refractivity contribution < 1.29 is 22.8 Å². The van der Waals surface area contributed by atoms with Crippen molar-refractivity contribution in [2.45, 2.75) is 44.6 Å². The minimum absolute atomic E-state index is 0.0243. The molecule has 224 valence electrons. The first-order valence-corrected chi connectivity index (χ1v) is 14.6. The highest BCUT2D eigenvalue weighted by Crippen LogP contribution is 2.48. The van der Waals surface area contributed by atoms with Gasteiger partial charge in [0.2, 0.25) is 11.8 Å². The second kappa shape index (κ2) is 10.3. The highest BCUT2D eigenvalue weighted by Gasteiger charge is 2.56. The van der Waals surface area contributed by atoms with Gasteiger partial charge >= 0.3 is 6.18 Å². The molecule has 2 fully saturated rings. The molecule has 3 N–H and O–H groups in total. The van der Waals surface area contributed by atoms with Gasteiger partial charge in [0.05, 0.1) is 10.9 Å². The van der Waals surface area contributed by atoms with E-state index in [2.05, 4.69) is 41.2 Å². The number of aryl methyl sites for hydroxylation is 1. The number of nitrogens with two attached hydrogens (primary N) is 1. The smallest absolute Gasteiger partial charge is 0.383 e. The number of nitrogens with zero attached hydrogens (tertiary/aromatic N) is 6. The van der Waals surface area contributed by atoms with E-state index in [0.717, 1.165) is 18.7 Å². The summed E-state index contributed by atoms with van der Waals surface area (Å²) in [6.45, 7) is 1.70. The third-order valence-corrected chi connectivity index (χ3v) is 8.73. The quantitative estimate of drug-likeness (QED) is 0.242. The normalized spacial score (nSPS) is 19.4. The summed E-state index contributed by atoms with van der Waals surface area (Å²) in [7, 11) is 0. The Morgan fingerprint density at radius 3 is 2.68 bits per heavy atom. The number of fused-ring (bicyclic) bond motifs is 4. The van der Waals surface area contributed by atoms with E-state index in [1.807, 2.05) is 6.92 Å². The predicted molar refractivity (Wildman–Crippen MR) is 160 cm³/mol. The number of aromatic nitrogens is 5. The molecular formula is C30H24BrF3N8O2. The largest absolute Gasteiger partial charge is 0.433 e. The molecule has 1 unspecified atom stereocenters. The molecule has 3 atom stereocenters. The lowest BCUT2D eigenvalue weighted by Gasteiger charge is -2.27. The number of nitrogen functional groups attached to an aromatic ring is 1. The zero-order valence-corrected chi connectivity index (χ0v) is 24.7. The summed E-state index contributed by atoms with van der Waals surface area (Å²) in [5, 5.41) is 3.92. The van der Waals surface area contributed by atoms with Gasteiger partial charge in [-0.15, -0.1) is 0 Å². The van der Waals surface area contributed by atoms with Crippen LogP contribution >= 0.6 is 15.9 Å². The number of carbonyl (C=O) groups excluding carboxylic acids is 2. The summed E-state index contributed by atoms with van der Waals surface area (Å²) in [6.07, 6.45) is -0.769. The molecule has 14 heteroatoms. The molecule has 7 rings (SSSR count). The van der Waals surface area contributed by atoms with Gasteiger partial charge in [0, 0.05) is 17.6 Å². The number of alkyl halides is 3. The standard InChI is InChI=1S/C30H24BrF3N8O2/c1-14-7-16(15-5-6-36-21(11-15)30(32,33)34)8-18-25-27(35)37-13-38-28(25)41(26(14)18)12-24(43)42-19-9-17(19)10-20(42)29(44)40-23-4-2-3-22(31)39-23/h2-8,11,13,17,19-20H,9-10,12H2,1H3,(H2,35,37,38)(H,39,40,44)/t17-,19?,20+/m1/s1. The molecule has 1 aliphatic carbocycles. The van der Waals surface area contributed by atoms with Crippen LogP contribution in [0.5, 0.6) is 0 Å². The molecule has 2 aliphatic rings. The average Bonchev–Trinajstić information content (AvgIpc) is 3.51. The first-order chi connectivity index (χ1) is 21.0. The number of carbonyl (C=O) groups is 2. The van der Waals surface area contributed by atoms with E-state index in [1.165, 1.54) is 12.4 Å². The van der Waals surface area contributed by atoms with Gasteiger partial charge in [-0.3, -0.25) is 14.6 Å². The molecule has 4 aromatic heterocycles. The lowest BCUT2D eigenvalue weighted by Crippen LogP contribution is -2.46. The Hall–Kier alpha value is -4.59. The van der Waals surface area contributed by atoms with Crippen LogP contribution in [-0.4, -0.2) is 53.3 Å². The van der Waals surface area contributed by atoms with Gasteiger partial charge in [0.1, 0.15) is 46.5 Å². The fourth-order valence-corrected chi connectivity index (χ4v) is 6.67. The van der Waals surface area contributed by atoms with Gasteiger partial charge in [0.15, 0.2) is 0 Å². The first kappa shape index (κ1) is 28.2. The summed E-state index contributed by atoms with van der Waals surface area (Å²) in [4.78, 5) is 45.3. The third kappa shape index (κ3) is 4.82. The maximum Gasteiger partial charge on any atom is 0.433 e. The van der Waals surface area contributed by atoms with Crippen molar-refractivity contribution in [2.24, 2.45) is 5.92 Å². The molecule has 0 bridgehead atoms. The second-order valence-electron chi connectivity index (χ2n) is 11.1. The molecule has 5 heterocycles. The van der Waals surface area contributed by atoms with Crippen molar-refractivity contribution in [3.05, 3.63) is 70.8 Å². The molecule has 1 aliphatic heterocycles. The number of nitrogens with one attached hydrogen (secondary N) is 1. The van der Waals surface area contributed by atoms with Gasteiger partial charge in [-0.25, -0.2) is 15.0 Å². The number of rotatable bonds is 5. The molecule has 2 amide bonds. The molecule has 10 nitrogen and oxygen atoms in total. The SMILES string of the molecule is Cc1cc(-c2ccnc(C(F)(F)F)c2)cc2c3c(N)ncnc3n(CC(=O)N3C4C[C@@H]4C[C@H]3C(=O)Nc3cccc(Br)n3)c12. The van der Waals surface area contributed by atoms with Crippen molar-refractivity contribution in [2.75, 3.05) is 11.1 Å². The van der Waals surface area contributed by atoms with E-state index in [-0.39, 0.29) is 36.1 Å². The number of amides is 2. The van der Waals surface area contributed by atoms with Crippen molar-refractivity contribution in [3.63, 3.8) is 0 Å². The monoisotopic (exact) mass is 664 g/mol. The molecule has 0 spiro atoms. The number of benzene rings is 1. The maximum atomic E-state index is 14.0. The molecule has 1 saturated heterocycles. The Bertz CT molecular complexity index is 2000. The maximum absolute atomic E-state index is 14.0. The molecule has 5 aromatic rings. The van der Waals surface area contributed by atoms with Crippen LogP contribution in [-0.2, 0) is 22.3 Å². The minimum atomic E-state index is -4.59. The average molecular weight is 665 g/mol. The van der Waals surface area contributed by atoms with Gasteiger partial charge < -0.3 is 20.5 Å². The lowest BCUT2D eigenvalue weighted by molar-refractivity contribution is -0.141. The van der Waals surface area contributed by atoms with E-state index in [1.54, 1.807) is 39.8 Å². The number of anilines is 2. The van der Waals surface area contributed by atoms with Gasteiger partial charge in [-0.1, -0.05) is 6.07 Å². The van der Waals surface area contributed by atoms with Crippen LogP contribution in [0.15, 0.2) is 59.6 Å². The summed E-state index contributed by atoms with van der Waals surface area (Å²) in [5.74, 6) is 0.264. The van der Waals surface area contributed by atoms with Crippen LogP contribution in [0.3, 0.4) is 0 Å². The molecule has 44 heavy (non-hydrogen) atoms. The van der Waals surface area contributed by atoms with Gasteiger partial charge in [-0.2, -0.15) is 13.2 Å². The van der Waals surface area contributed by atoms with Crippen LogP contribution in [0, 0.1) is 12.8 Å². The van der Waals surface area contributed by atoms with Crippen molar-refractivity contribution in [1.82, 2.24) is 29.4 Å². The molecular weight excluding hydrogens is 641 g/mol. The Morgan fingerprint density at radius 2 is 1.91 bits per heavy atom. The Balaban J connectivity index is 1.26. The summed E-state index contributed by atoms with van der Waals surface area (Å²) < 4.78 is 42.5. The predicted octanol–water partition coefficient (Wildman–Crippen LogP) is 5.34. The second-order valence-corrected chi connectivity index (χ2v) is 11.9. The summed E-state index contributed by atoms with van der Waals surface area (Å²) in [5.41, 5.74) is 7.93. The highest BCUT2D eigenvalue weighted by molar-refractivity contribution is 9.10. The number of hydrogen-bond acceptors (Lipinski definition) is 7. The number of pyridine rings is 2. The Kier molecular flexibility index (Phi) is 6.57. The number of hydrogen-bond donors (Lipinski definition) is 2. The minimum Gasteiger partial charge on any atom is -0.383 e. The zero-order chi connectivity index (χ0) is 30.9. The summed E-state index contributed by atoms with van der Waals surface area (Å²) >= 11 is 3.30. The van der Waals surface area contributed by atoms with E-state index in [0.29, 0.717) is 55.5 Å². The number of piperidine rings is 1. The van der Waals surface area contributed by atoms with Crippen molar-refractivity contribution in [3.8, 4) is 11.1 Å². The molecule has 1 aromatic carbocycles. The van der Waals surface area contributed by atoms with E-state index < -0.39 is 17.9 Å². The van der Waals surface area contributed by atoms with Gasteiger partial charge in [-0.05, 0) is 94.7 Å². The number of halogens is 4. The fraction of sp³-hybridized carbons (Fsp3) is 0.267. The third-order valence-electron chi connectivity index (χ3n) is 8.29. The van der Waals surface area contributed by atoms with Crippen molar-refractivity contribution in [1.29, 1.82) is 0 Å². The molecule has 0 radical (unpaired) electrons. The lowest BCUT2D eigenvalue weighted by atomic mass is 10.00. The first-order valence-electron chi connectivity index (χ1n) is 13.8. The number of likely N-dealkylation sites (tertiary alicyclic amines) is 1. The Morgan fingerprint density at radius 1 is 1.09 bits per heavy atom.